The van der Waals surface area contributed by atoms with Crippen molar-refractivity contribution in [3.8, 4) is 11.4 Å². The van der Waals surface area contributed by atoms with Crippen LogP contribution in [0.2, 0.25) is 0 Å². The first-order valence-corrected chi connectivity index (χ1v) is 9.40. The number of aromatic nitrogens is 2. The Hall–Kier alpha value is -2.53. The molecular formula is C20H19N3OS. The van der Waals surface area contributed by atoms with Crippen LogP contribution in [-0.2, 0) is 10.2 Å². The number of benzene rings is 1. The number of amides is 1. The first-order valence-electron chi connectivity index (χ1n) is 8.52. The fourth-order valence-electron chi connectivity index (χ4n) is 3.56. The predicted octanol–water partition coefficient (Wildman–Crippen LogP) is 4.66. The molecule has 0 saturated heterocycles. The number of thiazole rings is 1. The highest BCUT2D eigenvalue weighted by molar-refractivity contribution is 7.14. The van der Waals surface area contributed by atoms with Gasteiger partial charge in [0.15, 0.2) is 5.13 Å². The topological polar surface area (TPSA) is 54.9 Å². The summed E-state index contributed by atoms with van der Waals surface area (Å²) in [5.74, 6) is 0.0538. The molecule has 0 unspecified atom stereocenters. The van der Waals surface area contributed by atoms with Crippen molar-refractivity contribution in [3.63, 3.8) is 0 Å². The molecule has 1 saturated carbocycles. The molecule has 0 spiro atoms. The van der Waals surface area contributed by atoms with Gasteiger partial charge in [-0.2, -0.15) is 0 Å². The maximum Gasteiger partial charge on any atom is 0.236 e. The molecule has 5 heteroatoms. The lowest BCUT2D eigenvalue weighted by Crippen LogP contribution is -2.37. The van der Waals surface area contributed by atoms with E-state index in [9.17, 15) is 4.79 Å². The first kappa shape index (κ1) is 16.0. The standard InChI is InChI=1S/C20H19N3OS/c24-18(20(11-5-6-12-20)15-8-2-1-3-9-15)23-19-22-17(14-25-19)16-10-4-7-13-21-16/h1-4,7-10,13-14H,5-6,11-12H2,(H,22,23,24). The Morgan fingerprint density at radius 1 is 1.00 bits per heavy atom. The van der Waals surface area contributed by atoms with Crippen molar-refractivity contribution in [2.45, 2.75) is 31.1 Å². The first-order chi connectivity index (χ1) is 12.3. The second-order valence-corrected chi connectivity index (χ2v) is 7.22. The number of nitrogens with zero attached hydrogens (tertiary/aromatic N) is 2. The summed E-state index contributed by atoms with van der Waals surface area (Å²) in [6.45, 7) is 0. The molecule has 126 valence electrons. The van der Waals surface area contributed by atoms with Crippen molar-refractivity contribution in [3.05, 3.63) is 65.7 Å². The maximum atomic E-state index is 13.1. The second kappa shape index (κ2) is 6.76. The van der Waals surface area contributed by atoms with Gasteiger partial charge in [0.05, 0.1) is 11.1 Å². The van der Waals surface area contributed by atoms with Crippen LogP contribution in [0.25, 0.3) is 11.4 Å². The lowest BCUT2D eigenvalue weighted by atomic mass is 9.78. The summed E-state index contributed by atoms with van der Waals surface area (Å²) < 4.78 is 0. The molecule has 0 bridgehead atoms. The average molecular weight is 349 g/mol. The van der Waals surface area contributed by atoms with Crippen molar-refractivity contribution >= 4 is 22.4 Å². The molecule has 0 aliphatic heterocycles. The lowest BCUT2D eigenvalue weighted by Gasteiger charge is -2.27. The zero-order valence-electron chi connectivity index (χ0n) is 13.8. The highest BCUT2D eigenvalue weighted by Crippen LogP contribution is 2.42. The summed E-state index contributed by atoms with van der Waals surface area (Å²) in [5.41, 5.74) is 2.28. The minimum absolute atomic E-state index is 0.0538. The zero-order valence-corrected chi connectivity index (χ0v) is 14.6. The fraction of sp³-hybridized carbons (Fsp3) is 0.250. The Balaban J connectivity index is 1.58. The van der Waals surface area contributed by atoms with E-state index in [1.165, 1.54) is 11.3 Å². The number of rotatable bonds is 4. The smallest absolute Gasteiger partial charge is 0.236 e. The van der Waals surface area contributed by atoms with E-state index in [0.29, 0.717) is 5.13 Å². The quantitative estimate of drug-likeness (QED) is 0.745. The third-order valence-electron chi connectivity index (χ3n) is 4.87. The minimum Gasteiger partial charge on any atom is -0.301 e. The van der Waals surface area contributed by atoms with Crippen LogP contribution in [0, 0.1) is 0 Å². The van der Waals surface area contributed by atoms with Gasteiger partial charge >= 0.3 is 0 Å². The Kier molecular flexibility index (Phi) is 4.32. The number of hydrogen-bond acceptors (Lipinski definition) is 4. The van der Waals surface area contributed by atoms with Crippen LogP contribution in [0.1, 0.15) is 31.2 Å². The zero-order chi connectivity index (χ0) is 17.1. The van der Waals surface area contributed by atoms with Crippen LogP contribution in [0.4, 0.5) is 5.13 Å². The summed E-state index contributed by atoms with van der Waals surface area (Å²) in [5, 5.41) is 5.62. The van der Waals surface area contributed by atoms with E-state index < -0.39 is 5.41 Å². The molecule has 0 radical (unpaired) electrons. The van der Waals surface area contributed by atoms with E-state index in [-0.39, 0.29) is 5.91 Å². The highest BCUT2D eigenvalue weighted by atomic mass is 32.1. The van der Waals surface area contributed by atoms with Crippen LogP contribution >= 0.6 is 11.3 Å². The minimum atomic E-state index is -0.432. The molecule has 1 amide bonds. The van der Waals surface area contributed by atoms with Crippen LogP contribution in [0.5, 0.6) is 0 Å². The van der Waals surface area contributed by atoms with Gasteiger partial charge in [-0.3, -0.25) is 9.78 Å². The van der Waals surface area contributed by atoms with E-state index in [1.54, 1.807) is 6.20 Å². The molecule has 1 aliphatic carbocycles. The molecule has 4 nitrogen and oxygen atoms in total. The lowest BCUT2D eigenvalue weighted by molar-refractivity contribution is -0.121. The Labute approximate surface area is 151 Å². The molecule has 4 rings (SSSR count). The number of anilines is 1. The number of nitrogens with one attached hydrogen (secondary N) is 1. The molecular weight excluding hydrogens is 330 g/mol. The Morgan fingerprint density at radius 2 is 1.76 bits per heavy atom. The molecule has 1 fully saturated rings. The van der Waals surface area contributed by atoms with Gasteiger partial charge in [-0.15, -0.1) is 11.3 Å². The van der Waals surface area contributed by atoms with Gasteiger partial charge in [-0.25, -0.2) is 4.98 Å². The highest BCUT2D eigenvalue weighted by Gasteiger charge is 2.42. The summed E-state index contributed by atoms with van der Waals surface area (Å²) in [4.78, 5) is 22.0. The molecule has 3 aromatic rings. The van der Waals surface area contributed by atoms with E-state index >= 15 is 0 Å². The molecule has 2 aromatic heterocycles. The van der Waals surface area contributed by atoms with Gasteiger partial charge in [0, 0.05) is 11.6 Å². The van der Waals surface area contributed by atoms with Gasteiger partial charge in [0.1, 0.15) is 5.69 Å². The van der Waals surface area contributed by atoms with Crippen LogP contribution in [0.15, 0.2) is 60.1 Å². The normalized spacial score (nSPS) is 15.8. The Bertz CT molecular complexity index is 855. The maximum absolute atomic E-state index is 13.1. The van der Waals surface area contributed by atoms with Gasteiger partial charge in [0.2, 0.25) is 5.91 Å². The van der Waals surface area contributed by atoms with Gasteiger partial charge < -0.3 is 5.32 Å². The fourth-order valence-corrected chi connectivity index (χ4v) is 4.26. The van der Waals surface area contributed by atoms with Crippen LogP contribution in [-0.4, -0.2) is 15.9 Å². The summed E-state index contributed by atoms with van der Waals surface area (Å²) in [6.07, 6.45) is 5.69. The van der Waals surface area contributed by atoms with E-state index in [2.05, 4.69) is 27.4 Å². The third kappa shape index (κ3) is 3.07. The van der Waals surface area contributed by atoms with E-state index in [1.807, 2.05) is 41.8 Å². The molecule has 0 atom stereocenters. The second-order valence-electron chi connectivity index (χ2n) is 6.36. The number of hydrogen-bond donors (Lipinski definition) is 1. The van der Waals surface area contributed by atoms with Gasteiger partial charge in [0.25, 0.3) is 0 Å². The van der Waals surface area contributed by atoms with Crippen molar-refractivity contribution < 1.29 is 4.79 Å². The number of pyridine rings is 1. The SMILES string of the molecule is O=C(Nc1nc(-c2ccccn2)cs1)C1(c2ccccc2)CCCC1. The molecule has 1 aliphatic rings. The molecule has 1 aromatic carbocycles. The predicted molar refractivity (Wildman–Crippen MR) is 101 cm³/mol. The third-order valence-corrected chi connectivity index (χ3v) is 5.63. The van der Waals surface area contributed by atoms with Crippen LogP contribution in [0.3, 0.4) is 0 Å². The summed E-state index contributed by atoms with van der Waals surface area (Å²) in [7, 11) is 0. The largest absolute Gasteiger partial charge is 0.301 e. The van der Waals surface area contributed by atoms with Gasteiger partial charge in [-0.05, 0) is 30.5 Å². The Morgan fingerprint density at radius 3 is 2.48 bits per heavy atom. The van der Waals surface area contributed by atoms with Crippen molar-refractivity contribution in [1.29, 1.82) is 0 Å². The van der Waals surface area contributed by atoms with Crippen molar-refractivity contribution in [1.82, 2.24) is 9.97 Å². The molecule has 2 heterocycles. The van der Waals surface area contributed by atoms with E-state index in [0.717, 1.165) is 42.6 Å². The number of carbonyl (C=O) groups excluding carboxylic acids is 1. The van der Waals surface area contributed by atoms with Crippen molar-refractivity contribution in [2.24, 2.45) is 0 Å². The summed E-state index contributed by atoms with van der Waals surface area (Å²) in [6, 6.07) is 15.9. The molecule has 25 heavy (non-hydrogen) atoms. The average Bonchev–Trinajstić information content (AvgIpc) is 3.34. The molecule has 1 N–H and O–H groups in total. The van der Waals surface area contributed by atoms with Gasteiger partial charge in [-0.1, -0.05) is 49.2 Å². The van der Waals surface area contributed by atoms with Crippen LogP contribution < -0.4 is 5.32 Å². The van der Waals surface area contributed by atoms with Crippen molar-refractivity contribution in [2.75, 3.05) is 5.32 Å². The van der Waals surface area contributed by atoms with E-state index in [4.69, 9.17) is 0 Å². The monoisotopic (exact) mass is 349 g/mol. The number of carbonyl (C=O) groups is 1. The summed E-state index contributed by atoms with van der Waals surface area (Å²) >= 11 is 1.44.